The summed E-state index contributed by atoms with van der Waals surface area (Å²) in [4.78, 5) is 0. The molecule has 46 valence electrons. The third-order valence-corrected chi connectivity index (χ3v) is 0.179. The van der Waals surface area contributed by atoms with Crippen LogP contribution in [0.4, 0.5) is 13.2 Å². The molecule has 0 amide bonds. The Morgan fingerprint density at radius 1 is 1.25 bits per heavy atom. The minimum atomic E-state index is -4.40. The van der Waals surface area contributed by atoms with Crippen LogP contribution in [0.3, 0.4) is 0 Å². The van der Waals surface area contributed by atoms with E-state index in [2.05, 4.69) is 0 Å². The van der Waals surface area contributed by atoms with Gasteiger partial charge in [-0.05, 0) is 0 Å². The van der Waals surface area contributed by atoms with Crippen LogP contribution in [0.5, 0.6) is 0 Å². The average molecular weight is 187 g/mol. The molecule has 0 aromatic rings. The molecular formula is C2H3BrF3LiO. The summed E-state index contributed by atoms with van der Waals surface area (Å²) in [6.45, 7) is -1.73. The molecule has 0 rings (SSSR count). The van der Waals surface area contributed by atoms with Crippen molar-refractivity contribution in [3.8, 4) is 0 Å². The summed E-state index contributed by atoms with van der Waals surface area (Å²) in [5.74, 6) is 0. The molecule has 0 radical (unpaired) electrons. The molecule has 0 bridgehead atoms. The Hall–Kier alpha value is 0.827. The van der Waals surface area contributed by atoms with E-state index in [-0.39, 0.29) is 35.8 Å². The number of rotatable bonds is 0. The van der Waals surface area contributed by atoms with Crippen molar-refractivity contribution >= 4 is 0 Å². The van der Waals surface area contributed by atoms with Gasteiger partial charge in [-0.2, -0.15) is 13.2 Å². The van der Waals surface area contributed by atoms with E-state index >= 15 is 0 Å². The first-order valence-electron chi connectivity index (χ1n) is 1.24. The smallest absolute Gasteiger partial charge is 1.00 e. The van der Waals surface area contributed by atoms with E-state index in [0.717, 1.165) is 0 Å². The van der Waals surface area contributed by atoms with E-state index in [1.54, 1.807) is 0 Å². The normalized spacial score (nSPS) is 9.00. The van der Waals surface area contributed by atoms with Crippen LogP contribution in [0.1, 0.15) is 0 Å². The van der Waals surface area contributed by atoms with Crippen molar-refractivity contribution in [1.29, 1.82) is 0 Å². The van der Waals surface area contributed by atoms with Crippen molar-refractivity contribution in [3.63, 3.8) is 0 Å². The molecule has 0 atom stereocenters. The topological polar surface area (TPSA) is 20.2 Å². The van der Waals surface area contributed by atoms with E-state index in [1.165, 1.54) is 0 Å². The first kappa shape index (κ1) is 15.9. The summed E-state index contributed by atoms with van der Waals surface area (Å²) >= 11 is 0. The SMILES string of the molecule is OCC(F)(F)F.[Br-].[Li+]. The molecule has 1 N–H and O–H groups in total. The second-order valence-corrected chi connectivity index (χ2v) is 0.773. The first-order chi connectivity index (χ1) is 2.56. The number of hydrogen-bond acceptors (Lipinski definition) is 1. The third-order valence-electron chi connectivity index (χ3n) is 0.179. The Labute approximate surface area is 67.2 Å². The van der Waals surface area contributed by atoms with Crippen LogP contribution in [0, 0.1) is 0 Å². The maximum atomic E-state index is 10.5. The molecule has 0 saturated carbocycles. The van der Waals surface area contributed by atoms with Crippen molar-refractivity contribution in [3.05, 3.63) is 0 Å². The summed E-state index contributed by atoms with van der Waals surface area (Å²) < 4.78 is 31.6. The largest absolute Gasteiger partial charge is 1.00 e. The Morgan fingerprint density at radius 2 is 1.38 bits per heavy atom. The fourth-order valence-electron chi connectivity index (χ4n) is 0. The summed E-state index contributed by atoms with van der Waals surface area (Å²) in [7, 11) is 0. The van der Waals surface area contributed by atoms with Gasteiger partial charge in [0.25, 0.3) is 0 Å². The zero-order valence-corrected chi connectivity index (χ0v) is 5.75. The molecule has 0 aliphatic carbocycles. The molecule has 0 fully saturated rings. The molecule has 0 heterocycles. The molecule has 0 unspecified atom stereocenters. The molecule has 0 aromatic carbocycles. The van der Waals surface area contributed by atoms with Gasteiger partial charge in [0.1, 0.15) is 6.61 Å². The molecular weight excluding hydrogens is 184 g/mol. The quantitative estimate of drug-likeness (QED) is 0.375. The van der Waals surface area contributed by atoms with Crippen LogP contribution in [-0.4, -0.2) is 17.9 Å². The van der Waals surface area contributed by atoms with Crippen LogP contribution in [0.15, 0.2) is 0 Å². The molecule has 0 spiro atoms. The van der Waals surface area contributed by atoms with Gasteiger partial charge in [0.2, 0.25) is 0 Å². The van der Waals surface area contributed by atoms with Crippen molar-refractivity contribution in [2.75, 3.05) is 6.61 Å². The van der Waals surface area contributed by atoms with Gasteiger partial charge in [-0.25, -0.2) is 0 Å². The molecule has 6 heteroatoms. The molecule has 0 aliphatic heterocycles. The summed E-state index contributed by atoms with van der Waals surface area (Å²) in [5, 5.41) is 7.28. The van der Waals surface area contributed by atoms with Gasteiger partial charge >= 0.3 is 25.0 Å². The fourth-order valence-corrected chi connectivity index (χ4v) is 0. The Morgan fingerprint density at radius 3 is 1.38 bits per heavy atom. The Bertz CT molecular complexity index is 47.0. The van der Waals surface area contributed by atoms with E-state index in [1.807, 2.05) is 0 Å². The maximum absolute atomic E-state index is 10.5. The van der Waals surface area contributed by atoms with Gasteiger partial charge in [-0.3, -0.25) is 0 Å². The number of aliphatic hydroxyl groups is 1. The van der Waals surface area contributed by atoms with E-state index in [9.17, 15) is 13.2 Å². The number of hydrogen-bond donors (Lipinski definition) is 1. The predicted octanol–water partition coefficient (Wildman–Crippen LogP) is -5.45. The standard InChI is InChI=1S/C2H3F3O.BrH.Li/c3-2(4,5)1-6;;/h6H,1H2;1H;/q;;+1/p-1. The van der Waals surface area contributed by atoms with Crippen molar-refractivity contribution < 1.29 is 54.1 Å². The fraction of sp³-hybridized carbons (Fsp3) is 1.00. The molecule has 1 nitrogen and oxygen atoms in total. The zero-order chi connectivity index (χ0) is 5.21. The van der Waals surface area contributed by atoms with E-state index in [4.69, 9.17) is 5.11 Å². The first-order valence-corrected chi connectivity index (χ1v) is 1.24. The van der Waals surface area contributed by atoms with Gasteiger partial charge in [-0.1, -0.05) is 0 Å². The second kappa shape index (κ2) is 5.96. The van der Waals surface area contributed by atoms with Gasteiger partial charge in [0.15, 0.2) is 0 Å². The van der Waals surface area contributed by atoms with E-state index < -0.39 is 12.8 Å². The number of aliphatic hydroxyl groups excluding tert-OH is 1. The summed E-state index contributed by atoms with van der Waals surface area (Å²) in [5.41, 5.74) is 0. The molecule has 0 aliphatic rings. The monoisotopic (exact) mass is 186 g/mol. The van der Waals surface area contributed by atoms with Crippen molar-refractivity contribution in [2.24, 2.45) is 0 Å². The molecule has 0 saturated heterocycles. The van der Waals surface area contributed by atoms with E-state index in [0.29, 0.717) is 0 Å². The van der Waals surface area contributed by atoms with Gasteiger partial charge < -0.3 is 22.1 Å². The second-order valence-electron chi connectivity index (χ2n) is 0.773. The average Bonchev–Trinajstić information content (AvgIpc) is 1.35. The van der Waals surface area contributed by atoms with Gasteiger partial charge in [-0.15, -0.1) is 0 Å². The van der Waals surface area contributed by atoms with Gasteiger partial charge in [0, 0.05) is 0 Å². The maximum Gasteiger partial charge on any atom is 1.00 e. The number of alkyl halides is 3. The number of halogens is 4. The Kier molecular flexibility index (Phi) is 11.9. The summed E-state index contributed by atoms with van der Waals surface area (Å²) in [6.07, 6.45) is -4.40. The van der Waals surface area contributed by atoms with Crippen LogP contribution in [-0.2, 0) is 0 Å². The van der Waals surface area contributed by atoms with Crippen LogP contribution < -0.4 is 35.8 Å². The zero-order valence-electron chi connectivity index (χ0n) is 4.17. The van der Waals surface area contributed by atoms with Gasteiger partial charge in [0.05, 0.1) is 0 Å². The third kappa shape index (κ3) is 15.8. The molecule has 0 aromatic heterocycles. The van der Waals surface area contributed by atoms with Crippen LogP contribution in [0.25, 0.3) is 0 Å². The minimum Gasteiger partial charge on any atom is -1.00 e. The minimum absolute atomic E-state index is 0. The van der Waals surface area contributed by atoms with Crippen LogP contribution in [0.2, 0.25) is 0 Å². The van der Waals surface area contributed by atoms with Crippen LogP contribution >= 0.6 is 0 Å². The predicted molar refractivity (Wildman–Crippen MR) is 13.1 cm³/mol. The Balaban J connectivity index is -0.000000125. The van der Waals surface area contributed by atoms with Crippen molar-refractivity contribution in [1.82, 2.24) is 0 Å². The molecule has 8 heavy (non-hydrogen) atoms. The van der Waals surface area contributed by atoms with Crippen molar-refractivity contribution in [2.45, 2.75) is 6.18 Å². The summed E-state index contributed by atoms with van der Waals surface area (Å²) in [6, 6.07) is 0.